The van der Waals surface area contributed by atoms with Crippen LogP contribution in [0.3, 0.4) is 0 Å². The molecule has 0 aromatic rings. The second kappa shape index (κ2) is 6.69. The molecule has 3 N–H and O–H groups in total. The normalized spacial score (nSPS) is 17.7. The summed E-state index contributed by atoms with van der Waals surface area (Å²) in [5, 5.41) is 2.64. The summed E-state index contributed by atoms with van der Waals surface area (Å²) >= 11 is 0. The topological polar surface area (TPSA) is 64.3 Å². The molecule has 0 heterocycles. The molecule has 1 rings (SSSR count). The summed E-state index contributed by atoms with van der Waals surface area (Å²) < 4.78 is 5.24. The van der Waals surface area contributed by atoms with Gasteiger partial charge in [0.1, 0.15) is 5.60 Å². The third kappa shape index (κ3) is 5.04. The molecule has 15 heavy (non-hydrogen) atoms. The van der Waals surface area contributed by atoms with Gasteiger partial charge < -0.3 is 15.8 Å². The van der Waals surface area contributed by atoms with Crippen molar-refractivity contribution in [3.05, 3.63) is 12.2 Å². The zero-order valence-corrected chi connectivity index (χ0v) is 9.81. The van der Waals surface area contributed by atoms with E-state index in [1.165, 1.54) is 0 Å². The Kier molecular flexibility index (Phi) is 6.36. The molecular weight excluding hydrogens is 216 g/mol. The van der Waals surface area contributed by atoms with Crippen LogP contribution in [0, 0.1) is 0 Å². The number of nitrogens with one attached hydrogen (secondary N) is 1. The van der Waals surface area contributed by atoms with Gasteiger partial charge in [0, 0.05) is 13.1 Å². The molecule has 0 radical (unpaired) electrons. The van der Waals surface area contributed by atoms with Crippen molar-refractivity contribution in [1.82, 2.24) is 5.32 Å². The van der Waals surface area contributed by atoms with Crippen molar-refractivity contribution in [3.63, 3.8) is 0 Å². The second-order valence-corrected chi connectivity index (χ2v) is 3.78. The van der Waals surface area contributed by atoms with Crippen LogP contribution in [-0.2, 0) is 4.74 Å². The third-order valence-electron chi connectivity index (χ3n) is 2.42. The molecule has 0 bridgehead atoms. The van der Waals surface area contributed by atoms with Gasteiger partial charge in [-0.3, -0.25) is 0 Å². The summed E-state index contributed by atoms with van der Waals surface area (Å²) in [6.07, 6.45) is 6.36. The zero-order chi connectivity index (χ0) is 10.4. The number of hydrogen-bond donors (Lipinski definition) is 2. The molecule has 1 saturated carbocycles. The number of halogens is 1. The van der Waals surface area contributed by atoms with Crippen molar-refractivity contribution in [1.29, 1.82) is 0 Å². The summed E-state index contributed by atoms with van der Waals surface area (Å²) in [5.41, 5.74) is 5.03. The standard InChI is InChI=1S/C10H18N2O2.ClH/c1-10(5-4-6-10)14-9(13)12-8-3-2-7-11;/h2-3H,4-8,11H2,1H3,(H,12,13);1H/b3-2+;. The molecule has 88 valence electrons. The second-order valence-electron chi connectivity index (χ2n) is 3.78. The minimum Gasteiger partial charge on any atom is -0.443 e. The van der Waals surface area contributed by atoms with Crippen molar-refractivity contribution in [3.8, 4) is 0 Å². The van der Waals surface area contributed by atoms with Crippen LogP contribution in [0.25, 0.3) is 0 Å². The van der Waals surface area contributed by atoms with E-state index in [-0.39, 0.29) is 24.1 Å². The number of hydrogen-bond acceptors (Lipinski definition) is 3. The largest absolute Gasteiger partial charge is 0.443 e. The van der Waals surface area contributed by atoms with Gasteiger partial charge in [0.25, 0.3) is 0 Å². The van der Waals surface area contributed by atoms with Crippen LogP contribution >= 0.6 is 12.4 Å². The molecule has 1 aliphatic carbocycles. The van der Waals surface area contributed by atoms with Crippen LogP contribution in [0.15, 0.2) is 12.2 Å². The summed E-state index contributed by atoms with van der Waals surface area (Å²) in [6, 6.07) is 0. The van der Waals surface area contributed by atoms with E-state index in [0.29, 0.717) is 13.1 Å². The Hall–Kier alpha value is -0.740. The number of amides is 1. The maximum absolute atomic E-state index is 11.2. The molecule has 4 nitrogen and oxygen atoms in total. The molecule has 0 aromatic carbocycles. The zero-order valence-electron chi connectivity index (χ0n) is 8.99. The van der Waals surface area contributed by atoms with Crippen LogP contribution < -0.4 is 11.1 Å². The Morgan fingerprint density at radius 2 is 2.20 bits per heavy atom. The molecule has 5 heteroatoms. The van der Waals surface area contributed by atoms with E-state index in [1.807, 2.05) is 13.0 Å². The van der Waals surface area contributed by atoms with Gasteiger partial charge in [0.2, 0.25) is 0 Å². The van der Waals surface area contributed by atoms with Crippen LogP contribution in [-0.4, -0.2) is 24.8 Å². The van der Waals surface area contributed by atoms with Crippen LogP contribution in [0.1, 0.15) is 26.2 Å². The fourth-order valence-corrected chi connectivity index (χ4v) is 1.36. The van der Waals surface area contributed by atoms with Gasteiger partial charge in [0.05, 0.1) is 0 Å². The molecule has 0 aliphatic heterocycles. The van der Waals surface area contributed by atoms with E-state index in [4.69, 9.17) is 10.5 Å². The molecule has 1 aliphatic rings. The average molecular weight is 235 g/mol. The number of nitrogens with two attached hydrogens (primary N) is 1. The van der Waals surface area contributed by atoms with Gasteiger partial charge >= 0.3 is 6.09 Å². The highest BCUT2D eigenvalue weighted by Gasteiger charge is 2.35. The Morgan fingerprint density at radius 1 is 1.53 bits per heavy atom. The predicted octanol–water partition coefficient (Wildman–Crippen LogP) is 1.59. The lowest BCUT2D eigenvalue weighted by Crippen LogP contribution is -2.42. The monoisotopic (exact) mass is 234 g/mol. The van der Waals surface area contributed by atoms with Gasteiger partial charge in [-0.05, 0) is 26.2 Å². The Labute approximate surface area is 96.6 Å². The van der Waals surface area contributed by atoms with Gasteiger partial charge in [-0.15, -0.1) is 12.4 Å². The van der Waals surface area contributed by atoms with E-state index in [9.17, 15) is 4.79 Å². The van der Waals surface area contributed by atoms with Gasteiger partial charge in [-0.25, -0.2) is 4.79 Å². The molecular formula is C10H19ClN2O2. The Morgan fingerprint density at radius 3 is 2.67 bits per heavy atom. The highest BCUT2D eigenvalue weighted by atomic mass is 35.5. The highest BCUT2D eigenvalue weighted by Crippen LogP contribution is 2.34. The summed E-state index contributed by atoms with van der Waals surface area (Å²) in [4.78, 5) is 11.2. The first kappa shape index (κ1) is 14.3. The van der Waals surface area contributed by atoms with Gasteiger partial charge in [-0.1, -0.05) is 12.2 Å². The van der Waals surface area contributed by atoms with E-state index >= 15 is 0 Å². The van der Waals surface area contributed by atoms with E-state index in [2.05, 4.69) is 5.32 Å². The Bertz CT molecular complexity index is 227. The van der Waals surface area contributed by atoms with Crippen LogP contribution in [0.5, 0.6) is 0 Å². The summed E-state index contributed by atoms with van der Waals surface area (Å²) in [7, 11) is 0. The average Bonchev–Trinajstić information content (AvgIpc) is 2.10. The molecule has 0 saturated heterocycles. The summed E-state index contributed by atoms with van der Waals surface area (Å²) in [6.45, 7) is 2.94. The minimum absolute atomic E-state index is 0. The lowest BCUT2D eigenvalue weighted by molar-refractivity contribution is -0.0317. The lowest BCUT2D eigenvalue weighted by Gasteiger charge is -2.37. The predicted molar refractivity (Wildman–Crippen MR) is 62.2 cm³/mol. The quantitative estimate of drug-likeness (QED) is 0.727. The van der Waals surface area contributed by atoms with Crippen molar-refractivity contribution < 1.29 is 9.53 Å². The Balaban J connectivity index is 0.00000196. The molecule has 1 fully saturated rings. The van der Waals surface area contributed by atoms with Crippen molar-refractivity contribution in [2.75, 3.05) is 13.1 Å². The fraction of sp³-hybridized carbons (Fsp3) is 0.700. The smallest absolute Gasteiger partial charge is 0.407 e. The number of rotatable bonds is 4. The number of ether oxygens (including phenoxy) is 1. The first-order valence-electron chi connectivity index (χ1n) is 4.98. The molecule has 0 aromatic heterocycles. The van der Waals surface area contributed by atoms with Crippen LogP contribution in [0.4, 0.5) is 4.79 Å². The van der Waals surface area contributed by atoms with Crippen molar-refractivity contribution in [2.45, 2.75) is 31.8 Å². The lowest BCUT2D eigenvalue weighted by atomic mass is 9.82. The van der Waals surface area contributed by atoms with E-state index < -0.39 is 0 Å². The van der Waals surface area contributed by atoms with Gasteiger partial charge in [0.15, 0.2) is 0 Å². The SMILES string of the molecule is CC1(OC(=O)NC/C=C/CN)CCC1.Cl. The first-order chi connectivity index (χ1) is 6.66. The van der Waals surface area contributed by atoms with Crippen molar-refractivity contribution in [2.24, 2.45) is 5.73 Å². The minimum atomic E-state index is -0.339. The third-order valence-corrected chi connectivity index (χ3v) is 2.42. The molecule has 0 atom stereocenters. The number of alkyl carbamates (subject to hydrolysis) is 1. The summed E-state index contributed by atoms with van der Waals surface area (Å²) in [5.74, 6) is 0. The van der Waals surface area contributed by atoms with E-state index in [1.54, 1.807) is 6.08 Å². The maximum Gasteiger partial charge on any atom is 0.407 e. The van der Waals surface area contributed by atoms with Crippen LogP contribution in [0.2, 0.25) is 0 Å². The van der Waals surface area contributed by atoms with Gasteiger partial charge in [-0.2, -0.15) is 0 Å². The highest BCUT2D eigenvalue weighted by molar-refractivity contribution is 5.85. The molecule has 0 unspecified atom stereocenters. The number of carbonyl (C=O) groups is 1. The first-order valence-corrected chi connectivity index (χ1v) is 4.98. The maximum atomic E-state index is 11.2. The molecule has 1 amide bonds. The fourth-order valence-electron chi connectivity index (χ4n) is 1.36. The molecule has 0 spiro atoms. The van der Waals surface area contributed by atoms with E-state index in [0.717, 1.165) is 19.3 Å². The van der Waals surface area contributed by atoms with Crippen molar-refractivity contribution >= 4 is 18.5 Å². The number of carbonyl (C=O) groups excluding carboxylic acids is 1.